The van der Waals surface area contributed by atoms with Gasteiger partial charge in [-0.1, -0.05) is 52.7 Å². The van der Waals surface area contributed by atoms with Crippen LogP contribution in [-0.2, 0) is 10.2 Å². The fourth-order valence-corrected chi connectivity index (χ4v) is 3.23. The minimum absolute atomic E-state index is 0.118. The molecule has 0 aromatic heterocycles. The molecule has 2 rings (SSSR count). The van der Waals surface area contributed by atoms with Gasteiger partial charge in [0.1, 0.15) is 11.5 Å². The number of carbonyl (C=O) groups excluding carboxylic acids is 1. The van der Waals surface area contributed by atoms with Crippen LogP contribution in [0.3, 0.4) is 0 Å². The molecular weight excluding hydrogens is 420 g/mol. The van der Waals surface area contributed by atoms with Crippen molar-refractivity contribution in [3.8, 4) is 11.5 Å². The topological polar surface area (TPSA) is 59.6 Å². The molecule has 0 radical (unpaired) electrons. The third-order valence-corrected chi connectivity index (χ3v) is 5.12. The third kappa shape index (κ3) is 9.69. The molecule has 2 aromatic carbocycles. The Kier molecular flexibility index (Phi) is 10.5. The van der Waals surface area contributed by atoms with Crippen molar-refractivity contribution in [2.24, 2.45) is 0 Å². The largest absolute Gasteiger partial charge is 0.494 e. The number of anilines is 1. The summed E-state index contributed by atoms with van der Waals surface area (Å²) in [5, 5.41) is 6.01. The lowest BCUT2D eigenvalue weighted by atomic mass is 9.87. The standard InChI is InChI=1S/C26H36N2O3S/c1-5-6-7-18-30-23-16-12-21(13-17-23)27-25(32)28-24(29)9-8-19-31-22-14-10-20(11-15-22)26(2,3)4/h10-17H,5-9,18-19H2,1-4H3,(H2,27,28,29,32). The maximum absolute atomic E-state index is 12.1. The van der Waals surface area contributed by atoms with E-state index in [1.807, 2.05) is 36.4 Å². The van der Waals surface area contributed by atoms with Gasteiger partial charge in [0, 0.05) is 12.1 Å². The zero-order valence-corrected chi connectivity index (χ0v) is 20.5. The number of benzene rings is 2. The highest BCUT2D eigenvalue weighted by atomic mass is 32.1. The summed E-state index contributed by atoms with van der Waals surface area (Å²) >= 11 is 5.24. The van der Waals surface area contributed by atoms with Crippen LogP contribution < -0.4 is 20.1 Å². The van der Waals surface area contributed by atoms with E-state index in [1.165, 1.54) is 18.4 Å². The van der Waals surface area contributed by atoms with Crippen LogP contribution in [0.1, 0.15) is 65.4 Å². The van der Waals surface area contributed by atoms with Crippen molar-refractivity contribution in [3.63, 3.8) is 0 Å². The molecule has 0 aliphatic rings. The lowest BCUT2D eigenvalue weighted by Crippen LogP contribution is -2.34. The molecule has 0 heterocycles. The Morgan fingerprint density at radius 2 is 1.44 bits per heavy atom. The van der Waals surface area contributed by atoms with Crippen LogP contribution in [0.2, 0.25) is 0 Å². The van der Waals surface area contributed by atoms with E-state index in [2.05, 4.69) is 50.5 Å². The van der Waals surface area contributed by atoms with Crippen molar-refractivity contribution in [1.29, 1.82) is 0 Å². The van der Waals surface area contributed by atoms with Crippen molar-refractivity contribution in [3.05, 3.63) is 54.1 Å². The molecule has 0 saturated carbocycles. The lowest BCUT2D eigenvalue weighted by Gasteiger charge is -2.19. The first-order valence-electron chi connectivity index (χ1n) is 11.3. The number of carbonyl (C=O) groups is 1. The van der Waals surface area contributed by atoms with Gasteiger partial charge in [-0.25, -0.2) is 0 Å². The molecule has 0 saturated heterocycles. The van der Waals surface area contributed by atoms with Gasteiger partial charge in [0.25, 0.3) is 0 Å². The Morgan fingerprint density at radius 3 is 2.00 bits per heavy atom. The second-order valence-electron chi connectivity index (χ2n) is 8.81. The van der Waals surface area contributed by atoms with Crippen LogP contribution in [0.5, 0.6) is 11.5 Å². The summed E-state index contributed by atoms with van der Waals surface area (Å²) in [6, 6.07) is 15.7. The van der Waals surface area contributed by atoms with E-state index in [1.54, 1.807) is 0 Å². The number of rotatable bonds is 11. The number of thiocarbonyl (C=S) groups is 1. The second kappa shape index (κ2) is 13.1. The molecular formula is C26H36N2O3S. The zero-order valence-electron chi connectivity index (χ0n) is 19.7. The first-order chi connectivity index (χ1) is 15.3. The highest BCUT2D eigenvalue weighted by Crippen LogP contribution is 2.24. The summed E-state index contributed by atoms with van der Waals surface area (Å²) in [4.78, 5) is 12.1. The Balaban J connectivity index is 1.64. The molecule has 0 aliphatic heterocycles. The lowest BCUT2D eigenvalue weighted by molar-refractivity contribution is -0.119. The van der Waals surface area contributed by atoms with Gasteiger partial charge in [-0.15, -0.1) is 0 Å². The van der Waals surface area contributed by atoms with Crippen LogP contribution in [0.15, 0.2) is 48.5 Å². The maximum Gasteiger partial charge on any atom is 0.226 e. The van der Waals surface area contributed by atoms with Gasteiger partial charge < -0.3 is 20.1 Å². The highest BCUT2D eigenvalue weighted by molar-refractivity contribution is 7.80. The van der Waals surface area contributed by atoms with E-state index < -0.39 is 0 Å². The molecule has 174 valence electrons. The summed E-state index contributed by atoms with van der Waals surface area (Å²) in [5.74, 6) is 1.51. The maximum atomic E-state index is 12.1. The molecule has 0 spiro atoms. The van der Waals surface area contributed by atoms with Crippen LogP contribution in [-0.4, -0.2) is 24.2 Å². The Hall–Kier alpha value is -2.60. The quantitative estimate of drug-likeness (QED) is 0.310. The van der Waals surface area contributed by atoms with Gasteiger partial charge in [0.2, 0.25) is 5.91 Å². The summed E-state index contributed by atoms with van der Waals surface area (Å²) in [6.07, 6.45) is 4.35. The first-order valence-corrected chi connectivity index (χ1v) is 11.8. The van der Waals surface area contributed by atoms with E-state index >= 15 is 0 Å². The molecule has 2 N–H and O–H groups in total. The van der Waals surface area contributed by atoms with Crippen molar-refractivity contribution in [2.45, 2.75) is 65.2 Å². The van der Waals surface area contributed by atoms with Crippen LogP contribution >= 0.6 is 12.2 Å². The molecule has 0 unspecified atom stereocenters. The van der Waals surface area contributed by atoms with Crippen LogP contribution in [0.4, 0.5) is 5.69 Å². The van der Waals surface area contributed by atoms with Gasteiger partial charge in [-0.3, -0.25) is 4.79 Å². The average molecular weight is 457 g/mol. The number of hydrogen-bond donors (Lipinski definition) is 2. The number of ether oxygens (including phenoxy) is 2. The van der Waals surface area contributed by atoms with Crippen LogP contribution in [0.25, 0.3) is 0 Å². The predicted octanol–water partition coefficient (Wildman–Crippen LogP) is 6.23. The van der Waals surface area contributed by atoms with E-state index in [0.717, 1.165) is 30.2 Å². The Labute approximate surface area is 197 Å². The minimum atomic E-state index is -0.134. The van der Waals surface area contributed by atoms with Crippen molar-refractivity contribution in [2.75, 3.05) is 18.5 Å². The molecule has 1 amide bonds. The molecule has 0 bridgehead atoms. The number of unbranched alkanes of at least 4 members (excludes halogenated alkanes) is 2. The number of hydrogen-bond acceptors (Lipinski definition) is 4. The molecule has 32 heavy (non-hydrogen) atoms. The van der Waals surface area contributed by atoms with Crippen molar-refractivity contribution >= 4 is 28.9 Å². The van der Waals surface area contributed by atoms with E-state index in [0.29, 0.717) is 19.4 Å². The van der Waals surface area contributed by atoms with E-state index in [-0.39, 0.29) is 16.4 Å². The summed E-state index contributed by atoms with van der Waals surface area (Å²) in [7, 11) is 0. The second-order valence-corrected chi connectivity index (χ2v) is 9.22. The fraction of sp³-hybridized carbons (Fsp3) is 0.462. The van der Waals surface area contributed by atoms with Gasteiger partial charge >= 0.3 is 0 Å². The van der Waals surface area contributed by atoms with E-state index in [4.69, 9.17) is 21.7 Å². The monoisotopic (exact) mass is 456 g/mol. The number of nitrogens with one attached hydrogen (secondary N) is 2. The Morgan fingerprint density at radius 1 is 0.875 bits per heavy atom. The fourth-order valence-electron chi connectivity index (χ4n) is 3.00. The zero-order chi connectivity index (χ0) is 23.4. The van der Waals surface area contributed by atoms with Gasteiger partial charge in [0.15, 0.2) is 5.11 Å². The summed E-state index contributed by atoms with van der Waals surface area (Å²) in [5.41, 5.74) is 2.19. The highest BCUT2D eigenvalue weighted by Gasteiger charge is 2.13. The number of amides is 1. The third-order valence-electron chi connectivity index (χ3n) is 4.92. The van der Waals surface area contributed by atoms with Crippen LogP contribution in [0, 0.1) is 0 Å². The molecule has 0 atom stereocenters. The van der Waals surface area contributed by atoms with Crippen molar-refractivity contribution < 1.29 is 14.3 Å². The molecule has 6 heteroatoms. The summed E-state index contributed by atoms with van der Waals surface area (Å²) < 4.78 is 11.4. The minimum Gasteiger partial charge on any atom is -0.494 e. The summed E-state index contributed by atoms with van der Waals surface area (Å²) in [6.45, 7) is 9.91. The van der Waals surface area contributed by atoms with Crippen molar-refractivity contribution in [1.82, 2.24) is 5.32 Å². The van der Waals surface area contributed by atoms with E-state index in [9.17, 15) is 4.79 Å². The Bertz CT molecular complexity index is 843. The SMILES string of the molecule is CCCCCOc1ccc(NC(=S)NC(=O)CCCOc2ccc(C(C)(C)C)cc2)cc1. The predicted molar refractivity (Wildman–Crippen MR) is 136 cm³/mol. The smallest absolute Gasteiger partial charge is 0.226 e. The van der Waals surface area contributed by atoms with Gasteiger partial charge in [-0.05, 0) is 72.4 Å². The molecule has 0 fully saturated rings. The normalized spacial score (nSPS) is 11.0. The van der Waals surface area contributed by atoms with Gasteiger partial charge in [-0.2, -0.15) is 0 Å². The molecule has 2 aromatic rings. The molecule has 5 nitrogen and oxygen atoms in total. The molecule has 0 aliphatic carbocycles. The first kappa shape index (κ1) is 25.7. The van der Waals surface area contributed by atoms with Gasteiger partial charge in [0.05, 0.1) is 13.2 Å². The average Bonchev–Trinajstić information content (AvgIpc) is 2.75.